The molecule has 2 unspecified atom stereocenters. The van der Waals surface area contributed by atoms with Crippen molar-refractivity contribution in [1.82, 2.24) is 56.4 Å². The number of carboxylic acids is 1. The van der Waals surface area contributed by atoms with Gasteiger partial charge in [-0.3, -0.25) is 43.2 Å². The molecular weight excluding hydrogens is 1100 g/mol. The Hall–Kier alpha value is -6.05. The van der Waals surface area contributed by atoms with Crippen LogP contribution in [0.2, 0.25) is 0 Å². The molecule has 0 aliphatic heterocycles. The maximum Gasteiger partial charge on any atom is 0.343 e. The van der Waals surface area contributed by atoms with Gasteiger partial charge in [0.05, 0.1) is 12.1 Å². The Morgan fingerprint density at radius 1 is 0.518 bits per heavy atom. The molecule has 0 radical (unpaired) electrons. The van der Waals surface area contributed by atoms with Gasteiger partial charge in [0.25, 0.3) is 0 Å². The van der Waals surface area contributed by atoms with E-state index in [0.717, 1.165) is 5.06 Å². The number of hydrogen-bond donors (Lipinski definition) is 7. The van der Waals surface area contributed by atoms with Gasteiger partial charge in [0.1, 0.15) is 61.2 Å². The maximum absolute atomic E-state index is 14.9. The van der Waals surface area contributed by atoms with E-state index in [2.05, 4.69) is 26.6 Å². The van der Waals surface area contributed by atoms with Gasteiger partial charge in [-0.15, -0.1) is 5.06 Å². The van der Waals surface area contributed by atoms with E-state index in [4.69, 9.17) is 9.94 Å². The van der Waals surface area contributed by atoms with Crippen LogP contribution in [0.5, 0.6) is 0 Å². The molecule has 0 rings (SSSR count). The van der Waals surface area contributed by atoms with E-state index in [0.29, 0.717) is 19.1 Å². The monoisotopic (exact) mass is 1210 g/mol. The zero-order valence-electron chi connectivity index (χ0n) is 55.2. The van der Waals surface area contributed by atoms with Crippen LogP contribution < -0.4 is 26.6 Å². The molecule has 0 aliphatic carbocycles. The zero-order chi connectivity index (χ0) is 66.1. The average molecular weight is 1210 g/mol. The molecule has 25 heteroatoms. The van der Waals surface area contributed by atoms with Gasteiger partial charge in [0, 0.05) is 42.3 Å². The molecule has 25 nitrogen and oxygen atoms in total. The number of aliphatic hydroxyl groups is 1. The Balaban J connectivity index is 6.66. The Bertz CT molecular complexity index is 2230. The van der Waals surface area contributed by atoms with Crippen LogP contribution in [-0.2, 0) is 57.6 Å². The van der Waals surface area contributed by atoms with Gasteiger partial charge in [-0.05, 0) is 101 Å². The highest BCUT2D eigenvalue weighted by atomic mass is 16.7. The van der Waals surface area contributed by atoms with Crippen LogP contribution in [0, 0.1) is 35.5 Å². The zero-order valence-corrected chi connectivity index (χ0v) is 55.2. The van der Waals surface area contributed by atoms with Crippen molar-refractivity contribution >= 4 is 65.5 Å². The highest BCUT2D eigenvalue weighted by Gasteiger charge is 2.43. The molecule has 85 heavy (non-hydrogen) atoms. The summed E-state index contributed by atoms with van der Waals surface area (Å²) in [6, 6.07) is -11.0. The summed E-state index contributed by atoms with van der Waals surface area (Å²) in [5, 5.41) is 37.9. The second kappa shape index (κ2) is 38.2. The first kappa shape index (κ1) is 79.0. The molecule has 0 aliphatic rings. The van der Waals surface area contributed by atoms with Crippen molar-refractivity contribution in [2.75, 3.05) is 48.8 Å². The number of carboxylic acid groups (broad SMARTS) is 1. The number of hydrazine groups is 1. The fourth-order valence-corrected chi connectivity index (χ4v) is 9.79. The number of likely N-dealkylation sites (N-methyl/N-ethyl adjacent to an activating group) is 6. The van der Waals surface area contributed by atoms with Gasteiger partial charge >= 0.3 is 11.9 Å². The molecule has 488 valence electrons. The number of rotatable bonds is 39. The number of carbonyl (C=O) groups excluding carboxylic acids is 10. The molecular formula is C60H109N11O14. The summed E-state index contributed by atoms with van der Waals surface area (Å²) in [5.74, 6) is -8.44. The third-order valence-corrected chi connectivity index (χ3v) is 15.0. The number of amides is 8. The van der Waals surface area contributed by atoms with Crippen LogP contribution in [0.1, 0.15) is 156 Å². The smallest absolute Gasteiger partial charge is 0.343 e. The minimum absolute atomic E-state index is 0.0561. The number of aliphatic hydroxyl groups excluding tert-OH is 1. The van der Waals surface area contributed by atoms with E-state index in [1.54, 1.807) is 58.7 Å². The van der Waals surface area contributed by atoms with Crippen LogP contribution in [0.15, 0.2) is 12.2 Å². The molecule has 0 aromatic carbocycles. The highest BCUT2D eigenvalue weighted by Crippen LogP contribution is 2.24. The minimum Gasteiger partial charge on any atom is -0.480 e. The molecule has 0 heterocycles. The van der Waals surface area contributed by atoms with Crippen molar-refractivity contribution in [2.45, 2.75) is 222 Å². The molecule has 0 spiro atoms. The van der Waals surface area contributed by atoms with E-state index >= 15 is 0 Å². The summed E-state index contributed by atoms with van der Waals surface area (Å²) in [4.78, 5) is 159. The minimum atomic E-state index is -1.40. The highest BCUT2D eigenvalue weighted by molar-refractivity contribution is 5.97. The Morgan fingerprint density at radius 3 is 1.40 bits per heavy atom. The van der Waals surface area contributed by atoms with Crippen LogP contribution in [0.25, 0.3) is 0 Å². The summed E-state index contributed by atoms with van der Waals surface area (Å²) < 4.78 is 0. The molecule has 12 atom stereocenters. The number of aliphatic carboxylic acids is 1. The van der Waals surface area contributed by atoms with E-state index in [1.165, 1.54) is 56.7 Å². The van der Waals surface area contributed by atoms with Crippen LogP contribution in [0.4, 0.5) is 0 Å². The fourth-order valence-electron chi connectivity index (χ4n) is 9.79. The Morgan fingerprint density at radius 2 is 0.965 bits per heavy atom. The molecule has 8 amide bonds. The van der Waals surface area contributed by atoms with Crippen LogP contribution >= 0.6 is 0 Å². The second-order valence-electron chi connectivity index (χ2n) is 24.6. The van der Waals surface area contributed by atoms with E-state index in [1.807, 2.05) is 74.5 Å². The van der Waals surface area contributed by atoms with Crippen molar-refractivity contribution in [3.05, 3.63) is 12.2 Å². The lowest BCUT2D eigenvalue weighted by Gasteiger charge is -2.42. The van der Waals surface area contributed by atoms with Gasteiger partial charge in [-0.2, -0.15) is 0 Å². The number of allylic oxidation sites excluding steroid dienone is 2. The largest absolute Gasteiger partial charge is 0.480 e. The van der Waals surface area contributed by atoms with Crippen molar-refractivity contribution in [1.29, 1.82) is 0 Å². The lowest BCUT2D eigenvalue weighted by molar-refractivity contribution is -0.218. The summed E-state index contributed by atoms with van der Waals surface area (Å²) >= 11 is 0. The number of nitrogens with zero attached hydrogens (tertiary/aromatic N) is 6. The summed E-state index contributed by atoms with van der Waals surface area (Å²) in [5.41, 5.74) is 0. The third kappa shape index (κ3) is 25.4. The fraction of sp³-hybridized carbons (Fsp3) is 0.783. The van der Waals surface area contributed by atoms with Gasteiger partial charge in [0.2, 0.25) is 47.3 Å². The summed E-state index contributed by atoms with van der Waals surface area (Å²) in [6.07, 6.45) is 4.58. The molecule has 0 saturated carbocycles. The lowest BCUT2D eigenvalue weighted by atomic mass is 9.93. The maximum atomic E-state index is 14.9. The summed E-state index contributed by atoms with van der Waals surface area (Å²) in [6.45, 7) is 27.7. The number of carbonyl (C=O) groups is 11. The van der Waals surface area contributed by atoms with Crippen molar-refractivity contribution in [2.24, 2.45) is 35.5 Å². The number of hydroxylamine groups is 2. The predicted octanol–water partition coefficient (Wildman–Crippen LogP) is 2.74. The molecule has 0 bridgehead atoms. The standard InChI is InChI=1S/C60H109N11O14/c1-23-26-27-39(14)51(75)50(56(80)64-42(24-2)33-72)71(22)85-60(84)49(38(12)13)70(21)69(20)47(31-37(10)11)59(83)68(19)45(29-35(6)7)54(78)62-40(15)52(76)63-41(16)57(81)66(17)46(30-36(8)9)55(79)65-43(25-3)58(82)67(18)44(28-34(4)5)53(77)61-32-48(73)74/h23,26,33-47,49-51,75H,24-25,27-32H2,1-22H3,(H,61,77)(H,62,78)(H,63,76)(H,64,80)(H,65,79)(H,73,74)/b26-23+/t39-,40-,41+,42?,43?,44+,45+,46+,47+,49+,50+,51-/m1/s1. The van der Waals surface area contributed by atoms with Crippen molar-refractivity contribution in [3.8, 4) is 0 Å². The van der Waals surface area contributed by atoms with Crippen molar-refractivity contribution in [3.63, 3.8) is 0 Å². The number of nitrogens with one attached hydrogen (secondary N) is 5. The van der Waals surface area contributed by atoms with Crippen molar-refractivity contribution < 1.29 is 67.8 Å². The topological polar surface area (TPSA) is 317 Å². The molecule has 0 fully saturated rings. The van der Waals surface area contributed by atoms with E-state index in [9.17, 15) is 57.8 Å². The number of aldehydes is 1. The van der Waals surface area contributed by atoms with Gasteiger partial charge in [0.15, 0.2) is 6.04 Å². The second-order valence-corrected chi connectivity index (χ2v) is 24.6. The molecule has 7 N–H and O–H groups in total. The third-order valence-electron chi connectivity index (χ3n) is 15.0. The molecule has 0 aromatic heterocycles. The van der Waals surface area contributed by atoms with Gasteiger partial charge < -0.3 is 61.1 Å². The Labute approximate surface area is 506 Å². The lowest BCUT2D eigenvalue weighted by Crippen LogP contribution is -2.62. The van der Waals surface area contributed by atoms with Crippen LogP contribution in [0.3, 0.4) is 0 Å². The van der Waals surface area contributed by atoms with Gasteiger partial charge in [-0.1, -0.05) is 102 Å². The van der Waals surface area contributed by atoms with Gasteiger partial charge in [-0.25, -0.2) is 14.8 Å². The number of hydrogen-bond acceptors (Lipinski definition) is 16. The SMILES string of the molecule is C/C=C/C[C@@H](C)[C@@H](O)[C@@H](C(=O)NC(C=O)CC)N(C)OC(=O)[C@H](C(C)C)N(C)N(C)[C@@H](CC(C)C)C(=O)N(C)[C@@H](CC(C)C)C(=O)N[C@H](C)C(=O)N[C@@H](C)C(=O)N(C)[C@@H](CC(C)C)C(=O)NC(CC)C(=O)N(C)[C@@H](CC(C)C)C(=O)NCC(=O)O. The predicted molar refractivity (Wildman–Crippen MR) is 324 cm³/mol. The van der Waals surface area contributed by atoms with Crippen LogP contribution in [-0.4, -0.2) is 221 Å². The first-order chi connectivity index (χ1) is 39.4. The molecule has 0 saturated heterocycles. The normalized spacial score (nSPS) is 16.2. The Kier molecular flexibility index (Phi) is 35.5. The quantitative estimate of drug-likeness (QED) is 0.0264. The molecule has 0 aromatic rings. The average Bonchev–Trinajstić information content (AvgIpc) is 3.57. The first-order valence-corrected chi connectivity index (χ1v) is 30.0. The van der Waals surface area contributed by atoms with E-state index < -0.39 is 144 Å². The summed E-state index contributed by atoms with van der Waals surface area (Å²) in [7, 11) is 8.93. The first-order valence-electron chi connectivity index (χ1n) is 30.0. The van der Waals surface area contributed by atoms with E-state index in [-0.39, 0.29) is 55.8 Å².